The lowest BCUT2D eigenvalue weighted by Gasteiger charge is -2.09. The van der Waals surface area contributed by atoms with Crippen molar-refractivity contribution in [3.05, 3.63) is 59.0 Å². The van der Waals surface area contributed by atoms with Crippen LogP contribution in [0.1, 0.15) is 25.0 Å². The zero-order valence-corrected chi connectivity index (χ0v) is 16.4. The summed E-state index contributed by atoms with van der Waals surface area (Å²) in [6.45, 7) is 2.76. The van der Waals surface area contributed by atoms with E-state index in [-0.39, 0.29) is 16.4 Å². The summed E-state index contributed by atoms with van der Waals surface area (Å²) in [7, 11) is -3.71. The number of hydrogen-bond acceptors (Lipinski definition) is 7. The van der Waals surface area contributed by atoms with Crippen LogP contribution < -0.4 is 15.2 Å². The van der Waals surface area contributed by atoms with Crippen LogP contribution in [0.5, 0.6) is 11.5 Å². The summed E-state index contributed by atoms with van der Waals surface area (Å²) in [6.07, 6.45) is 1.82. The van der Waals surface area contributed by atoms with Crippen LogP contribution >= 0.6 is 0 Å². The summed E-state index contributed by atoms with van der Waals surface area (Å²) in [4.78, 5) is 22.6. The van der Waals surface area contributed by atoms with Gasteiger partial charge in [0.05, 0.1) is 4.90 Å². The first kappa shape index (κ1) is 21.3. The Bertz CT molecular complexity index is 1010. The topological polar surface area (TPSA) is 113 Å². The SMILES string of the molecule is CC(=O)Oc1ccc(/C=C/S(=O)(=O)c2ccccc2CCN)cc1OC(C)=O. The van der Waals surface area contributed by atoms with Crippen molar-refractivity contribution in [2.75, 3.05) is 6.54 Å². The van der Waals surface area contributed by atoms with Crippen LogP contribution in [-0.2, 0) is 25.8 Å². The molecule has 0 saturated carbocycles. The Morgan fingerprint density at radius 2 is 1.64 bits per heavy atom. The zero-order valence-electron chi connectivity index (χ0n) is 15.5. The molecule has 8 heteroatoms. The van der Waals surface area contributed by atoms with Crippen molar-refractivity contribution in [3.8, 4) is 11.5 Å². The van der Waals surface area contributed by atoms with Crippen molar-refractivity contribution in [2.45, 2.75) is 25.2 Å². The van der Waals surface area contributed by atoms with E-state index in [1.165, 1.54) is 38.1 Å². The summed E-state index contributed by atoms with van der Waals surface area (Å²) in [6, 6.07) is 11.0. The zero-order chi connectivity index (χ0) is 20.7. The number of carbonyl (C=O) groups is 2. The van der Waals surface area contributed by atoms with Gasteiger partial charge in [0, 0.05) is 19.3 Å². The minimum atomic E-state index is -3.71. The van der Waals surface area contributed by atoms with Crippen molar-refractivity contribution < 1.29 is 27.5 Å². The van der Waals surface area contributed by atoms with Gasteiger partial charge in [-0.2, -0.15) is 0 Å². The van der Waals surface area contributed by atoms with Crippen molar-refractivity contribution >= 4 is 27.9 Å². The molecule has 0 unspecified atom stereocenters. The van der Waals surface area contributed by atoms with Crippen LogP contribution in [0.4, 0.5) is 0 Å². The molecule has 2 aromatic rings. The van der Waals surface area contributed by atoms with Gasteiger partial charge < -0.3 is 15.2 Å². The van der Waals surface area contributed by atoms with Gasteiger partial charge in [0.1, 0.15) is 0 Å². The standard InChI is InChI=1S/C20H21NO6S/c1-14(22)26-18-8-7-16(13-19(18)27-15(2)23)10-12-28(24,25)20-6-4-3-5-17(20)9-11-21/h3-8,10,12-13H,9,11,21H2,1-2H3/b12-10+. The lowest BCUT2D eigenvalue weighted by atomic mass is 10.1. The van der Waals surface area contributed by atoms with E-state index in [1.807, 2.05) is 0 Å². The summed E-state index contributed by atoms with van der Waals surface area (Å²) in [5, 5.41) is 1.07. The van der Waals surface area contributed by atoms with Crippen molar-refractivity contribution in [1.82, 2.24) is 0 Å². The van der Waals surface area contributed by atoms with Gasteiger partial charge in [0.25, 0.3) is 0 Å². The smallest absolute Gasteiger partial charge is 0.308 e. The Labute approximate surface area is 163 Å². The van der Waals surface area contributed by atoms with E-state index >= 15 is 0 Å². The first-order chi connectivity index (χ1) is 13.2. The highest BCUT2D eigenvalue weighted by molar-refractivity contribution is 7.94. The van der Waals surface area contributed by atoms with Crippen LogP contribution in [0.15, 0.2) is 52.8 Å². The molecule has 0 radical (unpaired) electrons. The lowest BCUT2D eigenvalue weighted by molar-refractivity contribution is -0.134. The van der Waals surface area contributed by atoms with E-state index in [4.69, 9.17) is 15.2 Å². The minimum absolute atomic E-state index is 0.0192. The Hall–Kier alpha value is -2.97. The molecule has 0 aromatic heterocycles. The predicted octanol–water partition coefficient (Wildman–Crippen LogP) is 2.48. The number of carbonyl (C=O) groups excluding carboxylic acids is 2. The number of rotatable bonds is 7. The maximum atomic E-state index is 12.7. The Morgan fingerprint density at radius 1 is 1.00 bits per heavy atom. The van der Waals surface area contributed by atoms with E-state index in [1.54, 1.807) is 24.3 Å². The van der Waals surface area contributed by atoms with Crippen molar-refractivity contribution in [3.63, 3.8) is 0 Å². The quantitative estimate of drug-likeness (QED) is 0.558. The fourth-order valence-corrected chi connectivity index (χ4v) is 3.77. The number of benzene rings is 2. The molecule has 0 spiro atoms. The molecule has 0 heterocycles. The molecular weight excluding hydrogens is 382 g/mol. The Morgan fingerprint density at radius 3 is 2.29 bits per heavy atom. The highest BCUT2D eigenvalue weighted by Gasteiger charge is 2.15. The van der Waals surface area contributed by atoms with Gasteiger partial charge in [-0.25, -0.2) is 8.42 Å². The maximum absolute atomic E-state index is 12.7. The van der Waals surface area contributed by atoms with E-state index in [9.17, 15) is 18.0 Å². The second kappa shape index (κ2) is 9.29. The third-order valence-corrected chi connectivity index (χ3v) is 5.11. The number of hydrogen-bond donors (Lipinski definition) is 1. The van der Waals surface area contributed by atoms with Crippen LogP contribution in [0.3, 0.4) is 0 Å². The summed E-state index contributed by atoms with van der Waals surface area (Å²) in [5.74, 6) is -1.09. The largest absolute Gasteiger partial charge is 0.423 e. The molecule has 0 aliphatic rings. The summed E-state index contributed by atoms with van der Waals surface area (Å²) < 4.78 is 35.4. The van der Waals surface area contributed by atoms with Gasteiger partial charge in [-0.15, -0.1) is 0 Å². The normalized spacial score (nSPS) is 11.4. The molecule has 0 aliphatic heterocycles. The number of sulfone groups is 1. The molecule has 0 saturated heterocycles. The van der Waals surface area contributed by atoms with E-state index in [0.29, 0.717) is 24.1 Å². The summed E-state index contributed by atoms with van der Waals surface area (Å²) in [5.41, 5.74) is 6.64. The third-order valence-electron chi connectivity index (χ3n) is 3.61. The van der Waals surface area contributed by atoms with Crippen molar-refractivity contribution in [2.24, 2.45) is 5.73 Å². The first-order valence-corrected chi connectivity index (χ1v) is 9.99. The Kier molecular flexibility index (Phi) is 7.08. The molecule has 2 aromatic carbocycles. The third kappa shape index (κ3) is 5.77. The molecule has 0 bridgehead atoms. The molecule has 0 fully saturated rings. The van der Waals surface area contributed by atoms with Crippen molar-refractivity contribution in [1.29, 1.82) is 0 Å². The molecular formula is C20H21NO6S. The van der Waals surface area contributed by atoms with Gasteiger partial charge in [-0.3, -0.25) is 9.59 Å². The fourth-order valence-electron chi connectivity index (χ4n) is 2.49. The molecule has 2 rings (SSSR count). The van der Waals surface area contributed by atoms with Gasteiger partial charge >= 0.3 is 11.9 Å². The van der Waals surface area contributed by atoms with E-state index in [2.05, 4.69) is 0 Å². The molecule has 148 valence electrons. The molecule has 7 nitrogen and oxygen atoms in total. The molecule has 0 amide bonds. The highest BCUT2D eigenvalue weighted by Crippen LogP contribution is 2.30. The van der Waals surface area contributed by atoms with Gasteiger partial charge in [0.2, 0.25) is 0 Å². The first-order valence-electron chi connectivity index (χ1n) is 8.45. The second-order valence-corrected chi connectivity index (χ2v) is 7.69. The van der Waals surface area contributed by atoms with Gasteiger partial charge in [0.15, 0.2) is 21.3 Å². The average molecular weight is 403 g/mol. The van der Waals surface area contributed by atoms with Crippen LogP contribution in [0, 0.1) is 0 Å². The highest BCUT2D eigenvalue weighted by atomic mass is 32.2. The monoisotopic (exact) mass is 403 g/mol. The number of esters is 2. The number of nitrogens with two attached hydrogens (primary N) is 1. The maximum Gasteiger partial charge on any atom is 0.308 e. The molecule has 2 N–H and O–H groups in total. The lowest BCUT2D eigenvalue weighted by Crippen LogP contribution is -2.08. The number of ether oxygens (including phenoxy) is 2. The predicted molar refractivity (Wildman–Crippen MR) is 104 cm³/mol. The van der Waals surface area contributed by atoms with Crippen LogP contribution in [0.2, 0.25) is 0 Å². The molecule has 0 atom stereocenters. The average Bonchev–Trinajstić information content (AvgIpc) is 2.62. The fraction of sp³-hybridized carbons (Fsp3) is 0.200. The van der Waals surface area contributed by atoms with Crippen LogP contribution in [-0.4, -0.2) is 26.9 Å². The van der Waals surface area contributed by atoms with Gasteiger partial charge in [-0.05, 0) is 48.4 Å². The minimum Gasteiger partial charge on any atom is -0.423 e. The van der Waals surface area contributed by atoms with E-state index < -0.39 is 21.8 Å². The van der Waals surface area contributed by atoms with Gasteiger partial charge in [-0.1, -0.05) is 24.3 Å². The molecule has 0 aliphatic carbocycles. The van der Waals surface area contributed by atoms with Crippen LogP contribution in [0.25, 0.3) is 6.08 Å². The second-order valence-electron chi connectivity index (χ2n) is 5.89. The summed E-state index contributed by atoms with van der Waals surface area (Å²) >= 11 is 0. The van der Waals surface area contributed by atoms with E-state index in [0.717, 1.165) is 5.41 Å². The Balaban J connectivity index is 2.37. The molecule has 28 heavy (non-hydrogen) atoms.